The van der Waals surface area contributed by atoms with Gasteiger partial charge in [-0.05, 0) is 36.6 Å². The molecule has 0 atom stereocenters. The monoisotopic (exact) mass is 322 g/mol. The first-order valence-corrected chi connectivity index (χ1v) is 8.24. The molecule has 0 unspecified atom stereocenters. The van der Waals surface area contributed by atoms with Crippen molar-refractivity contribution in [1.82, 2.24) is 9.55 Å². The lowest BCUT2D eigenvalue weighted by Crippen LogP contribution is -2.34. The molecule has 1 saturated heterocycles. The Morgan fingerprint density at radius 2 is 2.04 bits per heavy atom. The quantitative estimate of drug-likeness (QED) is 0.870. The zero-order valence-electron chi connectivity index (χ0n) is 14.0. The second-order valence-electron chi connectivity index (χ2n) is 5.89. The summed E-state index contributed by atoms with van der Waals surface area (Å²) in [7, 11) is 0. The Morgan fingerprint density at radius 3 is 2.67 bits per heavy atom. The van der Waals surface area contributed by atoms with Crippen molar-refractivity contribution in [2.75, 3.05) is 13.2 Å². The lowest BCUT2D eigenvalue weighted by molar-refractivity contribution is 0.0685. The summed E-state index contributed by atoms with van der Waals surface area (Å²) in [4.78, 5) is 17.6. The molecule has 1 fully saturated rings. The number of benzene rings is 1. The van der Waals surface area contributed by atoms with Crippen molar-refractivity contribution in [1.29, 1.82) is 0 Å². The molecule has 4 nitrogen and oxygen atoms in total. The molecule has 3 rings (SSSR count). The molecule has 124 valence electrons. The average molecular weight is 322 g/mol. The molecule has 0 spiro atoms. The first kappa shape index (κ1) is 16.4. The molecule has 1 aliphatic heterocycles. The van der Waals surface area contributed by atoms with Crippen molar-refractivity contribution in [3.63, 3.8) is 0 Å². The van der Waals surface area contributed by atoms with E-state index in [4.69, 9.17) is 4.74 Å². The second kappa shape index (κ2) is 6.97. The van der Waals surface area contributed by atoms with Gasteiger partial charge in [0.05, 0.1) is 17.2 Å². The highest BCUT2D eigenvalue weighted by Gasteiger charge is 2.18. The summed E-state index contributed by atoms with van der Waals surface area (Å²) in [6.45, 7) is 11.0. The van der Waals surface area contributed by atoms with Crippen LogP contribution < -0.4 is 16.0 Å². The molecule has 24 heavy (non-hydrogen) atoms. The highest BCUT2D eigenvalue weighted by Crippen LogP contribution is 2.19. The van der Waals surface area contributed by atoms with Crippen molar-refractivity contribution in [3.8, 4) is 0 Å². The smallest absolute Gasteiger partial charge is 0.261 e. The van der Waals surface area contributed by atoms with Gasteiger partial charge in [0.1, 0.15) is 0 Å². The highest BCUT2D eigenvalue weighted by atomic mass is 16.5. The maximum Gasteiger partial charge on any atom is 0.261 e. The van der Waals surface area contributed by atoms with Gasteiger partial charge in [-0.15, -0.1) is 0 Å². The summed E-state index contributed by atoms with van der Waals surface area (Å²) < 4.78 is 7.15. The van der Waals surface area contributed by atoms with E-state index >= 15 is 0 Å². The molecule has 2 heterocycles. The Bertz CT molecular complexity index is 964. The first-order valence-electron chi connectivity index (χ1n) is 8.24. The number of hydrogen-bond donors (Lipinski definition) is 0. The molecule has 2 aromatic rings. The molecule has 4 heteroatoms. The number of allylic oxidation sites excluding steroid dienone is 1. The van der Waals surface area contributed by atoms with Crippen LogP contribution in [0.2, 0.25) is 0 Å². The maximum absolute atomic E-state index is 13.0. The molecule has 0 aliphatic carbocycles. The topological polar surface area (TPSA) is 44.1 Å². The van der Waals surface area contributed by atoms with Crippen LogP contribution in [0, 0.1) is 0 Å². The molecule has 0 amide bonds. The van der Waals surface area contributed by atoms with Gasteiger partial charge in [0.15, 0.2) is 0 Å². The summed E-state index contributed by atoms with van der Waals surface area (Å²) in [6, 6.07) is 2.04. The Balaban J connectivity index is 2.35. The molecule has 0 bridgehead atoms. The number of hydrogen-bond acceptors (Lipinski definition) is 3. The normalized spacial score (nSPS) is 17.4. The fourth-order valence-corrected chi connectivity index (χ4v) is 3.33. The van der Waals surface area contributed by atoms with Gasteiger partial charge in [0.2, 0.25) is 0 Å². The SMILES string of the molecule is C=C/C=c1/c(C=C)cc2c(=O)n(C3CCOCC3)cnc2/c1=C/C. The minimum absolute atomic E-state index is 0.00301. The van der Waals surface area contributed by atoms with Crippen LogP contribution in [-0.4, -0.2) is 22.8 Å². The minimum atomic E-state index is 0.00301. The van der Waals surface area contributed by atoms with Gasteiger partial charge < -0.3 is 4.74 Å². The van der Waals surface area contributed by atoms with Crippen molar-refractivity contribution in [2.24, 2.45) is 0 Å². The molecule has 1 aromatic carbocycles. The Hall–Kier alpha value is -2.46. The molecule has 0 N–H and O–H groups in total. The summed E-state index contributed by atoms with van der Waals surface area (Å²) in [5.74, 6) is 0. The van der Waals surface area contributed by atoms with Crippen LogP contribution in [0.1, 0.15) is 31.4 Å². The van der Waals surface area contributed by atoms with E-state index in [-0.39, 0.29) is 11.6 Å². The zero-order chi connectivity index (χ0) is 17.1. The third kappa shape index (κ3) is 2.74. The third-order valence-electron chi connectivity index (χ3n) is 4.56. The zero-order valence-corrected chi connectivity index (χ0v) is 14.0. The van der Waals surface area contributed by atoms with Gasteiger partial charge in [-0.25, -0.2) is 4.98 Å². The van der Waals surface area contributed by atoms with E-state index in [1.54, 1.807) is 23.0 Å². The molecular weight excluding hydrogens is 300 g/mol. The standard InChI is InChI=1S/C20H22N2O2/c1-4-7-17-14(5-2)12-18-19(16(17)6-3)21-13-22(20(18)23)15-8-10-24-11-9-15/h4-7,12-13,15H,1-2,8-11H2,3H3/b16-6+,17-7-. The van der Waals surface area contributed by atoms with Crippen LogP contribution in [0.25, 0.3) is 29.1 Å². The fraction of sp³-hybridized carbons (Fsp3) is 0.300. The van der Waals surface area contributed by atoms with Crippen LogP contribution in [-0.2, 0) is 4.74 Å². The molecule has 1 aliphatic rings. The minimum Gasteiger partial charge on any atom is -0.381 e. The molecule has 0 radical (unpaired) electrons. The van der Waals surface area contributed by atoms with Crippen molar-refractivity contribution >= 4 is 29.1 Å². The van der Waals surface area contributed by atoms with Crippen LogP contribution in [0.15, 0.2) is 36.4 Å². The molecular formula is C20H22N2O2. The summed E-state index contributed by atoms with van der Waals surface area (Å²) >= 11 is 0. The number of nitrogens with zero attached hydrogens (tertiary/aromatic N) is 2. The van der Waals surface area contributed by atoms with Gasteiger partial charge >= 0.3 is 0 Å². The van der Waals surface area contributed by atoms with E-state index in [9.17, 15) is 4.79 Å². The average Bonchev–Trinajstić information content (AvgIpc) is 2.62. The third-order valence-corrected chi connectivity index (χ3v) is 4.56. The van der Waals surface area contributed by atoms with E-state index in [0.29, 0.717) is 18.6 Å². The predicted octanol–water partition coefficient (Wildman–Crippen LogP) is 2.16. The number of aromatic nitrogens is 2. The summed E-state index contributed by atoms with van der Waals surface area (Å²) in [6.07, 6.45) is 10.8. The summed E-state index contributed by atoms with van der Waals surface area (Å²) in [5.41, 5.74) is 1.65. The summed E-state index contributed by atoms with van der Waals surface area (Å²) in [5, 5.41) is 2.57. The first-order chi connectivity index (χ1) is 11.7. The number of ether oxygens (including phenoxy) is 1. The number of rotatable bonds is 3. The van der Waals surface area contributed by atoms with Crippen molar-refractivity contribution in [3.05, 3.63) is 58.0 Å². The Morgan fingerprint density at radius 1 is 1.29 bits per heavy atom. The van der Waals surface area contributed by atoms with Crippen LogP contribution >= 0.6 is 0 Å². The van der Waals surface area contributed by atoms with E-state index in [2.05, 4.69) is 18.1 Å². The number of fused-ring (bicyclic) bond motifs is 1. The maximum atomic E-state index is 13.0. The second-order valence-corrected chi connectivity index (χ2v) is 5.89. The van der Waals surface area contributed by atoms with Gasteiger partial charge in [-0.2, -0.15) is 0 Å². The van der Waals surface area contributed by atoms with Gasteiger partial charge in [0.25, 0.3) is 5.56 Å². The van der Waals surface area contributed by atoms with Crippen molar-refractivity contribution in [2.45, 2.75) is 25.8 Å². The van der Waals surface area contributed by atoms with Crippen LogP contribution in [0.5, 0.6) is 0 Å². The van der Waals surface area contributed by atoms with Crippen molar-refractivity contribution < 1.29 is 4.74 Å². The lowest BCUT2D eigenvalue weighted by Gasteiger charge is -2.24. The van der Waals surface area contributed by atoms with E-state index in [0.717, 1.165) is 34.4 Å². The fourth-order valence-electron chi connectivity index (χ4n) is 3.33. The Kier molecular flexibility index (Phi) is 4.76. The van der Waals surface area contributed by atoms with Crippen LogP contribution in [0.4, 0.5) is 0 Å². The van der Waals surface area contributed by atoms with Crippen LogP contribution in [0.3, 0.4) is 0 Å². The molecule has 0 saturated carbocycles. The lowest BCUT2D eigenvalue weighted by atomic mass is 10.0. The highest BCUT2D eigenvalue weighted by molar-refractivity contribution is 5.82. The van der Waals surface area contributed by atoms with Gasteiger partial charge in [0, 0.05) is 24.5 Å². The molecule has 1 aromatic heterocycles. The predicted molar refractivity (Wildman–Crippen MR) is 99.2 cm³/mol. The van der Waals surface area contributed by atoms with Gasteiger partial charge in [-0.3, -0.25) is 9.36 Å². The largest absolute Gasteiger partial charge is 0.381 e. The van der Waals surface area contributed by atoms with Gasteiger partial charge in [-0.1, -0.05) is 37.5 Å². The Labute approximate surface area is 141 Å². The van der Waals surface area contributed by atoms with E-state index < -0.39 is 0 Å². The van der Waals surface area contributed by atoms with E-state index in [1.807, 2.05) is 25.1 Å². The van der Waals surface area contributed by atoms with E-state index in [1.165, 1.54) is 0 Å².